The molecule has 0 heterocycles. The lowest BCUT2D eigenvalue weighted by molar-refractivity contribution is -0.137. The first-order chi connectivity index (χ1) is 22.4. The van der Waals surface area contributed by atoms with Gasteiger partial charge in [0.2, 0.25) is 11.8 Å². The summed E-state index contributed by atoms with van der Waals surface area (Å²) < 4.78 is 66.6. The van der Waals surface area contributed by atoms with Gasteiger partial charge in [-0.2, -0.15) is 13.2 Å². The number of unbranched alkanes of at least 4 members (excludes halogenated alkanes) is 1. The van der Waals surface area contributed by atoms with Gasteiger partial charge in [-0.25, -0.2) is 13.1 Å². The first-order valence-corrected chi connectivity index (χ1v) is 16.7. The van der Waals surface area contributed by atoms with Crippen LogP contribution in [0.15, 0.2) is 108 Å². The Morgan fingerprint density at radius 3 is 1.96 bits per heavy atom. The lowest BCUT2D eigenvalue weighted by atomic mass is 9.91. The van der Waals surface area contributed by atoms with Crippen molar-refractivity contribution in [3.05, 3.63) is 120 Å². The minimum atomic E-state index is -4.65. The Bertz CT molecular complexity index is 1770. The number of hydrogen-bond acceptors (Lipinski definition) is 5. The van der Waals surface area contributed by atoms with Crippen molar-refractivity contribution in [1.82, 2.24) is 4.72 Å². The van der Waals surface area contributed by atoms with E-state index in [9.17, 15) is 36.0 Å². The normalized spacial score (nSPS) is 12.3. The summed E-state index contributed by atoms with van der Waals surface area (Å²) in [6.45, 7) is 2.02. The summed E-state index contributed by atoms with van der Waals surface area (Å²) in [4.78, 5) is 38.1. The predicted octanol–water partition coefficient (Wildman–Crippen LogP) is 7.83. The van der Waals surface area contributed by atoms with E-state index < -0.39 is 38.5 Å². The van der Waals surface area contributed by atoms with Crippen LogP contribution in [-0.4, -0.2) is 26.0 Å². The first kappa shape index (κ1) is 35.1. The Morgan fingerprint density at radius 2 is 1.38 bits per heavy atom. The maximum Gasteiger partial charge on any atom is 0.416 e. The lowest BCUT2D eigenvalue weighted by Crippen LogP contribution is -2.37. The smallest absolute Gasteiger partial charge is 0.326 e. The molecule has 4 rings (SSSR count). The molecule has 0 spiro atoms. The van der Waals surface area contributed by atoms with E-state index in [0.29, 0.717) is 36.2 Å². The van der Waals surface area contributed by atoms with E-state index in [2.05, 4.69) is 5.32 Å². The highest BCUT2D eigenvalue weighted by molar-refractivity contribution is 7.90. The van der Waals surface area contributed by atoms with Gasteiger partial charge in [0, 0.05) is 30.0 Å². The molecule has 47 heavy (non-hydrogen) atoms. The number of halogens is 3. The van der Waals surface area contributed by atoms with Crippen molar-refractivity contribution in [1.29, 1.82) is 0 Å². The second-order valence-electron chi connectivity index (χ2n) is 11.1. The van der Waals surface area contributed by atoms with Gasteiger partial charge in [0.05, 0.1) is 10.5 Å². The Kier molecular flexibility index (Phi) is 11.7. The van der Waals surface area contributed by atoms with Crippen molar-refractivity contribution in [3.63, 3.8) is 0 Å². The summed E-state index contributed by atoms with van der Waals surface area (Å²) in [6.07, 6.45) is -2.19. The fourth-order valence-corrected chi connectivity index (χ4v) is 5.95. The third-order valence-electron chi connectivity index (χ3n) is 7.62. The minimum absolute atomic E-state index is 0.0459. The molecule has 2 amide bonds. The summed E-state index contributed by atoms with van der Waals surface area (Å²) in [5, 5.41) is 2.86. The molecule has 4 aromatic carbocycles. The van der Waals surface area contributed by atoms with Crippen LogP contribution in [0.5, 0.6) is 0 Å². The van der Waals surface area contributed by atoms with Crippen molar-refractivity contribution < 1.29 is 36.0 Å². The highest BCUT2D eigenvalue weighted by atomic mass is 32.2. The standard InChI is InChI=1S/C36H35F3N2O5S/c1-2-3-9-34(43)40-31-20-16-27(17-21-31)26-12-14-28(15-13-26)33(42)24-29(11-10-25-7-5-4-6-8-25)35(44)41-47(45,46)32-22-18-30(19-23-32)36(37,38)39/h4-8,12-23,29H,2-3,9-11,24H2,1H3,(H,40,43)(H,41,44). The number of sulfonamides is 1. The van der Waals surface area contributed by atoms with Gasteiger partial charge < -0.3 is 5.32 Å². The molecule has 7 nitrogen and oxygen atoms in total. The van der Waals surface area contributed by atoms with Gasteiger partial charge in [-0.15, -0.1) is 0 Å². The van der Waals surface area contributed by atoms with Crippen LogP contribution in [-0.2, 0) is 32.2 Å². The van der Waals surface area contributed by atoms with Gasteiger partial charge >= 0.3 is 6.18 Å². The summed E-state index contributed by atoms with van der Waals surface area (Å²) >= 11 is 0. The SMILES string of the molecule is CCCCC(=O)Nc1ccc(-c2ccc(C(=O)CC(CCc3ccccc3)C(=O)NS(=O)(=O)c3ccc(C(F)(F)F)cc3)cc2)cc1. The molecule has 0 aliphatic rings. The number of amides is 2. The van der Waals surface area contributed by atoms with Crippen LogP contribution in [0, 0.1) is 5.92 Å². The van der Waals surface area contributed by atoms with Crippen molar-refractivity contribution in [2.45, 2.75) is 56.5 Å². The molecule has 2 N–H and O–H groups in total. The average molecular weight is 665 g/mol. The number of anilines is 1. The van der Waals surface area contributed by atoms with Crippen molar-refractivity contribution in [3.8, 4) is 11.1 Å². The van der Waals surface area contributed by atoms with Crippen LogP contribution in [0.4, 0.5) is 18.9 Å². The number of rotatable bonds is 14. The van der Waals surface area contributed by atoms with E-state index in [1.54, 1.807) is 36.4 Å². The Hall–Kier alpha value is -4.77. The molecule has 1 unspecified atom stereocenters. The van der Waals surface area contributed by atoms with Gasteiger partial charge in [0.25, 0.3) is 10.0 Å². The molecule has 0 aromatic heterocycles. The fraction of sp³-hybridized carbons (Fsp3) is 0.250. The van der Waals surface area contributed by atoms with Crippen molar-refractivity contribution in [2.75, 3.05) is 5.32 Å². The number of alkyl halides is 3. The molecule has 0 aliphatic carbocycles. The zero-order valence-electron chi connectivity index (χ0n) is 25.7. The van der Waals surface area contributed by atoms with E-state index in [4.69, 9.17) is 0 Å². The number of aryl methyl sites for hydroxylation is 1. The number of hydrogen-bond donors (Lipinski definition) is 2. The second-order valence-corrected chi connectivity index (χ2v) is 12.8. The monoisotopic (exact) mass is 664 g/mol. The average Bonchev–Trinajstić information content (AvgIpc) is 3.06. The van der Waals surface area contributed by atoms with Gasteiger partial charge in [0.1, 0.15) is 0 Å². The number of ketones is 1. The van der Waals surface area contributed by atoms with E-state index in [0.717, 1.165) is 41.7 Å². The fourth-order valence-electron chi connectivity index (χ4n) is 4.91. The maximum absolute atomic E-state index is 13.3. The van der Waals surface area contributed by atoms with Crippen LogP contribution in [0.25, 0.3) is 11.1 Å². The third kappa shape index (κ3) is 10.1. The number of benzene rings is 4. The number of carbonyl (C=O) groups excluding carboxylic acids is 3. The Morgan fingerprint density at radius 1 is 0.787 bits per heavy atom. The van der Waals surface area contributed by atoms with Crippen molar-refractivity contribution in [2.24, 2.45) is 5.92 Å². The third-order valence-corrected chi connectivity index (χ3v) is 8.98. The van der Waals surface area contributed by atoms with E-state index in [1.165, 1.54) is 0 Å². The van der Waals surface area contributed by atoms with Crippen LogP contribution >= 0.6 is 0 Å². The zero-order valence-corrected chi connectivity index (χ0v) is 26.5. The summed E-state index contributed by atoms with van der Waals surface area (Å²) in [5.41, 5.74) is 2.57. The molecule has 0 aliphatic heterocycles. The van der Waals surface area contributed by atoms with Gasteiger partial charge in [-0.3, -0.25) is 14.4 Å². The van der Waals surface area contributed by atoms with Gasteiger partial charge in [0.15, 0.2) is 5.78 Å². The second kappa shape index (κ2) is 15.7. The highest BCUT2D eigenvalue weighted by Crippen LogP contribution is 2.30. The topological polar surface area (TPSA) is 109 Å². The zero-order chi connectivity index (χ0) is 34.0. The Balaban J connectivity index is 1.46. The van der Waals surface area contributed by atoms with Crippen molar-refractivity contribution >= 4 is 33.3 Å². The van der Waals surface area contributed by atoms with Crippen LogP contribution in [0.3, 0.4) is 0 Å². The summed E-state index contributed by atoms with van der Waals surface area (Å²) in [5.74, 6) is -2.38. The molecular weight excluding hydrogens is 629 g/mol. The molecule has 0 fully saturated rings. The quantitative estimate of drug-likeness (QED) is 0.134. The van der Waals surface area contributed by atoms with Gasteiger partial charge in [-0.1, -0.05) is 80.1 Å². The molecule has 0 saturated carbocycles. The molecule has 0 radical (unpaired) electrons. The van der Waals surface area contributed by atoms with Crippen LogP contribution < -0.4 is 10.0 Å². The molecule has 246 valence electrons. The molecule has 4 aromatic rings. The molecular formula is C36H35F3N2O5S. The first-order valence-electron chi connectivity index (χ1n) is 15.2. The van der Waals surface area contributed by atoms with E-state index >= 15 is 0 Å². The van der Waals surface area contributed by atoms with Gasteiger partial charge in [-0.05, 0) is 72.4 Å². The summed E-state index contributed by atoms with van der Waals surface area (Å²) in [7, 11) is -4.50. The lowest BCUT2D eigenvalue weighted by Gasteiger charge is -2.17. The highest BCUT2D eigenvalue weighted by Gasteiger charge is 2.31. The molecule has 1 atom stereocenters. The largest absolute Gasteiger partial charge is 0.416 e. The number of carbonyl (C=O) groups is 3. The number of nitrogens with one attached hydrogen (secondary N) is 2. The minimum Gasteiger partial charge on any atom is -0.326 e. The maximum atomic E-state index is 13.3. The van der Waals surface area contributed by atoms with E-state index in [1.807, 2.05) is 54.1 Å². The van der Waals surface area contributed by atoms with Crippen LogP contribution in [0.1, 0.15) is 60.5 Å². The molecule has 0 saturated heterocycles. The van der Waals surface area contributed by atoms with E-state index in [-0.39, 0.29) is 24.5 Å². The Labute approximate surface area is 272 Å². The van der Waals surface area contributed by atoms with Crippen LogP contribution in [0.2, 0.25) is 0 Å². The summed E-state index contributed by atoms with van der Waals surface area (Å²) in [6, 6.07) is 26.1. The molecule has 0 bridgehead atoms. The molecule has 11 heteroatoms. The predicted molar refractivity (Wildman–Crippen MR) is 174 cm³/mol. The number of Topliss-reactive ketones (excluding diaryl/α,β-unsaturated/α-hetero) is 1.